The number of benzene rings is 1. The summed E-state index contributed by atoms with van der Waals surface area (Å²) in [5.41, 5.74) is 0.877. The molecule has 0 N–H and O–H groups in total. The average molecular weight is 350 g/mol. The van der Waals surface area contributed by atoms with Crippen LogP contribution < -0.4 is 0 Å². The van der Waals surface area contributed by atoms with Crippen molar-refractivity contribution in [2.75, 3.05) is 13.2 Å². The Bertz CT molecular complexity index is 638. The second-order valence-corrected chi connectivity index (χ2v) is 7.20. The number of rotatable bonds is 6. The highest BCUT2D eigenvalue weighted by Gasteiger charge is 2.23. The number of thiophene rings is 1. The predicted molar refractivity (Wildman–Crippen MR) is 93.9 cm³/mol. The number of carbonyl (C=O) groups excluding carboxylic acids is 1. The maximum Gasteiger partial charge on any atom is 0.227 e. The van der Waals surface area contributed by atoms with E-state index < -0.39 is 0 Å². The van der Waals surface area contributed by atoms with Crippen LogP contribution in [-0.2, 0) is 22.5 Å². The van der Waals surface area contributed by atoms with Gasteiger partial charge in [0.25, 0.3) is 0 Å². The van der Waals surface area contributed by atoms with Gasteiger partial charge in [0.1, 0.15) is 0 Å². The monoisotopic (exact) mass is 349 g/mol. The SMILES string of the molecule is O=C(Cc1ccccc1Cl)N(Cc1cccs1)CC1CCCO1. The minimum Gasteiger partial charge on any atom is -0.376 e. The molecule has 3 rings (SSSR count). The van der Waals surface area contributed by atoms with Gasteiger partial charge in [-0.05, 0) is 35.9 Å². The second kappa shape index (κ2) is 7.95. The molecule has 0 bridgehead atoms. The molecule has 3 nitrogen and oxygen atoms in total. The van der Waals surface area contributed by atoms with E-state index in [1.165, 1.54) is 4.88 Å². The first-order valence-corrected chi connectivity index (χ1v) is 9.13. The van der Waals surface area contributed by atoms with Crippen LogP contribution in [0.3, 0.4) is 0 Å². The second-order valence-electron chi connectivity index (χ2n) is 5.76. The summed E-state index contributed by atoms with van der Waals surface area (Å²) in [5.74, 6) is 0.0991. The van der Waals surface area contributed by atoms with Crippen molar-refractivity contribution in [1.29, 1.82) is 0 Å². The van der Waals surface area contributed by atoms with Gasteiger partial charge in [-0.2, -0.15) is 0 Å². The number of amides is 1. The molecule has 2 aromatic rings. The molecule has 23 heavy (non-hydrogen) atoms. The van der Waals surface area contributed by atoms with Crippen LogP contribution in [0.4, 0.5) is 0 Å². The molecule has 1 aromatic carbocycles. The van der Waals surface area contributed by atoms with Crippen molar-refractivity contribution in [2.24, 2.45) is 0 Å². The molecule has 0 aliphatic carbocycles. The molecule has 0 spiro atoms. The summed E-state index contributed by atoms with van der Waals surface area (Å²) in [6.45, 7) is 2.10. The van der Waals surface area contributed by atoms with Crippen LogP contribution >= 0.6 is 22.9 Å². The molecule has 5 heteroatoms. The standard InChI is InChI=1S/C18H20ClNO2S/c19-17-8-2-1-5-14(17)11-18(21)20(12-15-6-3-9-22-15)13-16-7-4-10-23-16/h1-2,4-5,7-8,10,15H,3,6,9,11-13H2. The minimum absolute atomic E-state index is 0.0991. The summed E-state index contributed by atoms with van der Waals surface area (Å²) in [6, 6.07) is 11.6. The molecule has 2 heterocycles. The minimum atomic E-state index is 0.0991. The fraction of sp³-hybridized carbons (Fsp3) is 0.389. The number of hydrogen-bond acceptors (Lipinski definition) is 3. The quantitative estimate of drug-likeness (QED) is 0.784. The summed E-state index contributed by atoms with van der Waals surface area (Å²) >= 11 is 7.87. The van der Waals surface area contributed by atoms with Crippen LogP contribution in [0, 0.1) is 0 Å². The summed E-state index contributed by atoms with van der Waals surface area (Å²) in [4.78, 5) is 15.9. The molecule has 1 aliphatic heterocycles. The molecule has 122 valence electrons. The Hall–Kier alpha value is -1.36. The fourth-order valence-corrected chi connectivity index (χ4v) is 3.72. The maximum atomic E-state index is 12.8. The first-order valence-electron chi connectivity index (χ1n) is 7.87. The van der Waals surface area contributed by atoms with Gasteiger partial charge in [-0.3, -0.25) is 4.79 Å². The van der Waals surface area contributed by atoms with Gasteiger partial charge in [-0.25, -0.2) is 0 Å². The van der Waals surface area contributed by atoms with E-state index in [4.69, 9.17) is 16.3 Å². The van der Waals surface area contributed by atoms with Crippen molar-refractivity contribution in [3.8, 4) is 0 Å². The number of halogens is 1. The van der Waals surface area contributed by atoms with Crippen molar-refractivity contribution in [3.63, 3.8) is 0 Å². The van der Waals surface area contributed by atoms with Crippen LogP contribution in [0.1, 0.15) is 23.3 Å². The van der Waals surface area contributed by atoms with Crippen molar-refractivity contribution >= 4 is 28.8 Å². The van der Waals surface area contributed by atoms with Gasteiger partial charge in [0.05, 0.1) is 19.1 Å². The fourth-order valence-electron chi connectivity index (χ4n) is 2.80. The zero-order valence-corrected chi connectivity index (χ0v) is 14.5. The number of nitrogens with zero attached hydrogens (tertiary/aromatic N) is 1. The van der Waals surface area contributed by atoms with Gasteiger partial charge in [-0.15, -0.1) is 11.3 Å². The predicted octanol–water partition coefficient (Wildman–Crippen LogP) is 4.15. The van der Waals surface area contributed by atoms with Crippen LogP contribution in [-0.4, -0.2) is 30.1 Å². The van der Waals surface area contributed by atoms with E-state index in [1.54, 1.807) is 11.3 Å². The summed E-state index contributed by atoms with van der Waals surface area (Å²) in [5, 5.41) is 2.69. The van der Waals surface area contributed by atoms with Gasteiger partial charge >= 0.3 is 0 Å². The third-order valence-electron chi connectivity index (χ3n) is 4.03. The smallest absolute Gasteiger partial charge is 0.227 e. The third-order valence-corrected chi connectivity index (χ3v) is 5.26. The topological polar surface area (TPSA) is 29.5 Å². The van der Waals surface area contributed by atoms with E-state index in [0.717, 1.165) is 25.0 Å². The molecule has 1 aromatic heterocycles. The van der Waals surface area contributed by atoms with Gasteiger partial charge in [0.2, 0.25) is 5.91 Å². The zero-order valence-electron chi connectivity index (χ0n) is 12.9. The normalized spacial score (nSPS) is 17.3. The average Bonchev–Trinajstić information content (AvgIpc) is 3.22. The lowest BCUT2D eigenvalue weighted by Gasteiger charge is -2.25. The zero-order chi connectivity index (χ0) is 16.1. The van der Waals surface area contributed by atoms with Gasteiger partial charge < -0.3 is 9.64 Å². The molecule has 1 fully saturated rings. The molecular formula is C18H20ClNO2S. The first kappa shape index (κ1) is 16.5. The Balaban J connectivity index is 1.70. The Labute approximate surface area is 145 Å². The van der Waals surface area contributed by atoms with Crippen molar-refractivity contribution in [1.82, 2.24) is 4.90 Å². The molecule has 1 unspecified atom stereocenters. The van der Waals surface area contributed by atoms with Crippen molar-refractivity contribution in [2.45, 2.75) is 31.9 Å². The van der Waals surface area contributed by atoms with Gasteiger partial charge in [0.15, 0.2) is 0 Å². The number of ether oxygens (including phenoxy) is 1. The first-order chi connectivity index (χ1) is 11.2. The Morgan fingerprint density at radius 3 is 2.87 bits per heavy atom. The van der Waals surface area contributed by atoms with Crippen LogP contribution in [0.25, 0.3) is 0 Å². The Kier molecular flexibility index (Phi) is 5.70. The van der Waals surface area contributed by atoms with E-state index in [9.17, 15) is 4.79 Å². The lowest BCUT2D eigenvalue weighted by Crippen LogP contribution is -2.37. The van der Waals surface area contributed by atoms with Gasteiger partial charge in [-0.1, -0.05) is 35.9 Å². The van der Waals surface area contributed by atoms with Crippen LogP contribution in [0.5, 0.6) is 0 Å². The lowest BCUT2D eigenvalue weighted by atomic mass is 10.1. The highest BCUT2D eigenvalue weighted by Crippen LogP contribution is 2.20. The highest BCUT2D eigenvalue weighted by atomic mass is 35.5. The summed E-state index contributed by atoms with van der Waals surface area (Å²) < 4.78 is 5.71. The van der Waals surface area contributed by atoms with Crippen LogP contribution in [0.2, 0.25) is 5.02 Å². The highest BCUT2D eigenvalue weighted by molar-refractivity contribution is 7.09. The third kappa shape index (κ3) is 4.56. The number of carbonyl (C=O) groups is 1. The maximum absolute atomic E-state index is 12.8. The molecule has 0 radical (unpaired) electrons. The lowest BCUT2D eigenvalue weighted by molar-refractivity contribution is -0.132. The van der Waals surface area contributed by atoms with E-state index in [1.807, 2.05) is 40.6 Å². The Morgan fingerprint density at radius 2 is 2.17 bits per heavy atom. The van der Waals surface area contributed by atoms with Crippen molar-refractivity contribution < 1.29 is 9.53 Å². The molecular weight excluding hydrogens is 330 g/mol. The molecule has 1 aliphatic rings. The number of hydrogen-bond donors (Lipinski definition) is 0. The van der Waals surface area contributed by atoms with Crippen LogP contribution in [0.15, 0.2) is 41.8 Å². The van der Waals surface area contributed by atoms with Gasteiger partial charge in [0, 0.05) is 23.1 Å². The van der Waals surface area contributed by atoms with E-state index in [2.05, 4.69) is 6.07 Å². The van der Waals surface area contributed by atoms with E-state index in [0.29, 0.717) is 24.5 Å². The summed E-state index contributed by atoms with van der Waals surface area (Å²) in [7, 11) is 0. The molecule has 1 saturated heterocycles. The Morgan fingerprint density at radius 1 is 1.30 bits per heavy atom. The molecule has 1 atom stereocenters. The molecule has 0 saturated carbocycles. The van der Waals surface area contributed by atoms with Crippen molar-refractivity contribution in [3.05, 3.63) is 57.2 Å². The van der Waals surface area contributed by atoms with E-state index >= 15 is 0 Å². The summed E-state index contributed by atoms with van der Waals surface area (Å²) in [6.07, 6.45) is 2.60. The van der Waals surface area contributed by atoms with E-state index in [-0.39, 0.29) is 12.0 Å². The molecule has 1 amide bonds. The largest absolute Gasteiger partial charge is 0.376 e.